The lowest BCUT2D eigenvalue weighted by Crippen LogP contribution is -2.40. The molecular weight excluding hydrogens is 380 g/mol. The molecule has 28 heavy (non-hydrogen) atoms. The number of nitrogens with one attached hydrogen (secondary N) is 1. The van der Waals surface area contributed by atoms with Crippen LogP contribution in [0, 0.1) is 5.92 Å². The molecule has 0 bridgehead atoms. The first-order valence-electron chi connectivity index (χ1n) is 9.11. The highest BCUT2D eigenvalue weighted by atomic mass is 32.2. The van der Waals surface area contributed by atoms with E-state index in [0.717, 1.165) is 5.69 Å². The number of fused-ring (bicyclic) bond motifs is 1. The first kappa shape index (κ1) is 20.2. The summed E-state index contributed by atoms with van der Waals surface area (Å²) in [4.78, 5) is 14.3. The van der Waals surface area contributed by atoms with Crippen LogP contribution in [-0.4, -0.2) is 40.6 Å². The predicted molar refractivity (Wildman–Crippen MR) is 106 cm³/mol. The molecule has 0 aromatic heterocycles. The summed E-state index contributed by atoms with van der Waals surface area (Å²) in [6.07, 6.45) is 0. The van der Waals surface area contributed by atoms with Gasteiger partial charge in [0, 0.05) is 6.54 Å². The van der Waals surface area contributed by atoms with Gasteiger partial charge in [-0.1, -0.05) is 26.0 Å². The van der Waals surface area contributed by atoms with Crippen LogP contribution in [-0.2, 0) is 14.8 Å². The number of carbonyl (C=O) groups is 1. The third kappa shape index (κ3) is 4.82. The van der Waals surface area contributed by atoms with E-state index in [2.05, 4.69) is 4.72 Å². The van der Waals surface area contributed by atoms with Crippen molar-refractivity contribution in [3.63, 3.8) is 0 Å². The van der Waals surface area contributed by atoms with Crippen molar-refractivity contribution in [3.05, 3.63) is 48.5 Å². The SMILES string of the molecule is CC(C)CNS(=O)(=O)c1ccc(OCC(=O)N2CCOc3ccccc32)cc1. The van der Waals surface area contributed by atoms with Crippen molar-refractivity contribution in [2.45, 2.75) is 18.7 Å². The molecule has 0 aliphatic carbocycles. The van der Waals surface area contributed by atoms with Gasteiger partial charge in [-0.3, -0.25) is 4.79 Å². The third-order valence-electron chi connectivity index (χ3n) is 4.21. The zero-order valence-corrected chi connectivity index (χ0v) is 16.7. The van der Waals surface area contributed by atoms with E-state index in [9.17, 15) is 13.2 Å². The molecule has 0 fully saturated rings. The lowest BCUT2D eigenvalue weighted by atomic mass is 10.2. The standard InChI is InChI=1S/C20H24N2O5S/c1-15(2)13-21-28(24,25)17-9-7-16(8-10-17)27-14-20(23)22-11-12-26-19-6-4-3-5-18(19)22/h3-10,15,21H,11-14H2,1-2H3. The summed E-state index contributed by atoms with van der Waals surface area (Å²) in [5.74, 6) is 1.13. The molecule has 1 heterocycles. The van der Waals surface area contributed by atoms with E-state index in [1.54, 1.807) is 17.0 Å². The summed E-state index contributed by atoms with van der Waals surface area (Å²) in [6, 6.07) is 13.4. The molecule has 2 aromatic carbocycles. The van der Waals surface area contributed by atoms with E-state index in [-0.39, 0.29) is 23.3 Å². The molecule has 1 N–H and O–H groups in total. The highest BCUT2D eigenvalue weighted by Gasteiger charge is 2.23. The van der Waals surface area contributed by atoms with Gasteiger partial charge in [-0.15, -0.1) is 0 Å². The topological polar surface area (TPSA) is 84.9 Å². The number of hydrogen-bond donors (Lipinski definition) is 1. The molecule has 150 valence electrons. The molecule has 0 saturated carbocycles. The number of benzene rings is 2. The molecule has 7 nitrogen and oxygen atoms in total. The summed E-state index contributed by atoms with van der Waals surface area (Å²) < 4.78 is 38.1. The number of amides is 1. The number of rotatable bonds is 7. The number of carbonyl (C=O) groups excluding carboxylic acids is 1. The van der Waals surface area contributed by atoms with E-state index in [4.69, 9.17) is 9.47 Å². The van der Waals surface area contributed by atoms with Crippen LogP contribution in [0.3, 0.4) is 0 Å². The predicted octanol–water partition coefficient (Wildman–Crippen LogP) is 2.43. The smallest absolute Gasteiger partial charge is 0.265 e. The van der Waals surface area contributed by atoms with Crippen LogP contribution >= 0.6 is 0 Å². The highest BCUT2D eigenvalue weighted by Crippen LogP contribution is 2.31. The summed E-state index contributed by atoms with van der Waals surface area (Å²) in [5.41, 5.74) is 0.722. The van der Waals surface area contributed by atoms with Gasteiger partial charge < -0.3 is 14.4 Å². The van der Waals surface area contributed by atoms with Gasteiger partial charge in [0.1, 0.15) is 18.1 Å². The number of nitrogens with zero attached hydrogens (tertiary/aromatic N) is 1. The number of hydrogen-bond acceptors (Lipinski definition) is 5. The molecule has 3 rings (SSSR count). The molecule has 1 aliphatic rings. The summed E-state index contributed by atoms with van der Waals surface area (Å²) >= 11 is 0. The van der Waals surface area contributed by atoms with Crippen LogP contribution in [0.1, 0.15) is 13.8 Å². The van der Waals surface area contributed by atoms with Crippen molar-refractivity contribution < 1.29 is 22.7 Å². The number of ether oxygens (including phenoxy) is 2. The van der Waals surface area contributed by atoms with Crippen LogP contribution in [0.2, 0.25) is 0 Å². The van der Waals surface area contributed by atoms with Crippen LogP contribution in [0.25, 0.3) is 0 Å². The molecule has 0 spiro atoms. The van der Waals surface area contributed by atoms with Crippen LogP contribution in [0.4, 0.5) is 5.69 Å². The zero-order chi connectivity index (χ0) is 20.1. The highest BCUT2D eigenvalue weighted by molar-refractivity contribution is 7.89. The first-order chi connectivity index (χ1) is 13.4. The molecule has 1 amide bonds. The maximum atomic E-state index is 12.5. The van der Waals surface area contributed by atoms with Crippen molar-refractivity contribution >= 4 is 21.6 Å². The minimum atomic E-state index is -3.55. The Morgan fingerprint density at radius 2 is 1.89 bits per heavy atom. The lowest BCUT2D eigenvalue weighted by molar-refractivity contribution is -0.120. The van der Waals surface area contributed by atoms with E-state index in [1.807, 2.05) is 38.1 Å². The van der Waals surface area contributed by atoms with Crippen LogP contribution in [0.5, 0.6) is 11.5 Å². The van der Waals surface area contributed by atoms with E-state index < -0.39 is 10.0 Å². The van der Waals surface area contributed by atoms with Gasteiger partial charge in [0.05, 0.1) is 17.1 Å². The van der Waals surface area contributed by atoms with E-state index >= 15 is 0 Å². The van der Waals surface area contributed by atoms with Gasteiger partial charge >= 0.3 is 0 Å². The monoisotopic (exact) mass is 404 g/mol. The summed E-state index contributed by atoms with van der Waals surface area (Å²) in [7, 11) is -3.55. The van der Waals surface area contributed by atoms with Gasteiger partial charge in [0.15, 0.2) is 6.61 Å². The Labute approximate surface area is 165 Å². The normalized spacial score (nSPS) is 13.8. The minimum Gasteiger partial charge on any atom is -0.490 e. The molecular formula is C20H24N2O5S. The largest absolute Gasteiger partial charge is 0.490 e. The van der Waals surface area contributed by atoms with E-state index in [1.165, 1.54) is 12.1 Å². The number of sulfonamides is 1. The lowest BCUT2D eigenvalue weighted by Gasteiger charge is -2.29. The number of para-hydroxylation sites is 2. The summed E-state index contributed by atoms with van der Waals surface area (Å²) in [5, 5.41) is 0. The van der Waals surface area contributed by atoms with Gasteiger partial charge in [-0.2, -0.15) is 0 Å². The van der Waals surface area contributed by atoms with Gasteiger partial charge in [0.25, 0.3) is 5.91 Å². The van der Waals surface area contributed by atoms with Gasteiger partial charge in [-0.25, -0.2) is 13.1 Å². The molecule has 0 radical (unpaired) electrons. The molecule has 0 unspecified atom stereocenters. The second kappa shape index (κ2) is 8.62. The molecule has 1 aliphatic heterocycles. The number of anilines is 1. The maximum Gasteiger partial charge on any atom is 0.265 e. The summed E-state index contributed by atoms with van der Waals surface area (Å²) in [6.45, 7) is 4.98. The molecule has 0 saturated heterocycles. The van der Waals surface area contributed by atoms with Crippen molar-refractivity contribution in [2.75, 3.05) is 31.2 Å². The van der Waals surface area contributed by atoms with Gasteiger partial charge in [-0.05, 0) is 42.3 Å². The second-order valence-corrected chi connectivity index (χ2v) is 8.63. The minimum absolute atomic E-state index is 0.147. The second-order valence-electron chi connectivity index (χ2n) is 6.87. The fraction of sp³-hybridized carbons (Fsp3) is 0.350. The van der Waals surface area contributed by atoms with E-state index in [0.29, 0.717) is 31.2 Å². The Kier molecular flexibility index (Phi) is 6.21. The van der Waals surface area contributed by atoms with Crippen molar-refractivity contribution in [1.82, 2.24) is 4.72 Å². The van der Waals surface area contributed by atoms with Crippen molar-refractivity contribution in [2.24, 2.45) is 5.92 Å². The Bertz CT molecular complexity index is 926. The Morgan fingerprint density at radius 3 is 2.61 bits per heavy atom. The quantitative estimate of drug-likeness (QED) is 0.766. The first-order valence-corrected chi connectivity index (χ1v) is 10.6. The average molecular weight is 404 g/mol. The maximum absolute atomic E-state index is 12.5. The van der Waals surface area contributed by atoms with Crippen LogP contribution < -0.4 is 19.1 Å². The Morgan fingerprint density at radius 1 is 1.18 bits per heavy atom. The Balaban J connectivity index is 1.60. The molecule has 2 aromatic rings. The van der Waals surface area contributed by atoms with Gasteiger partial charge in [0.2, 0.25) is 10.0 Å². The molecule has 8 heteroatoms. The van der Waals surface area contributed by atoms with Crippen molar-refractivity contribution in [1.29, 1.82) is 0 Å². The zero-order valence-electron chi connectivity index (χ0n) is 15.9. The van der Waals surface area contributed by atoms with Crippen molar-refractivity contribution in [3.8, 4) is 11.5 Å². The van der Waals surface area contributed by atoms with Crippen LogP contribution in [0.15, 0.2) is 53.4 Å². The Hall–Kier alpha value is -2.58. The average Bonchev–Trinajstić information content (AvgIpc) is 2.70. The third-order valence-corrected chi connectivity index (χ3v) is 5.65. The fourth-order valence-electron chi connectivity index (χ4n) is 2.73. The fourth-order valence-corrected chi connectivity index (χ4v) is 3.94. The molecule has 0 atom stereocenters.